The Bertz CT molecular complexity index is 957. The van der Waals surface area contributed by atoms with E-state index in [-0.39, 0.29) is 12.3 Å². The Kier molecular flexibility index (Phi) is 6.94. The molecule has 1 aromatic heterocycles. The van der Waals surface area contributed by atoms with Crippen LogP contribution < -0.4 is 4.74 Å². The van der Waals surface area contributed by atoms with E-state index < -0.39 is 0 Å². The van der Waals surface area contributed by atoms with Crippen LogP contribution in [0.2, 0.25) is 10.0 Å². The Balaban J connectivity index is 1.54. The van der Waals surface area contributed by atoms with Gasteiger partial charge in [0.1, 0.15) is 17.4 Å². The van der Waals surface area contributed by atoms with Crippen molar-refractivity contribution in [3.63, 3.8) is 0 Å². The SMILES string of the molecule is Cc1ccc(OCc2nc(CC(=O)N(C)Cc3cccc(Cl)c3Cl)cs2)cc1. The lowest BCUT2D eigenvalue weighted by Gasteiger charge is -2.18. The molecule has 0 bridgehead atoms. The van der Waals surface area contributed by atoms with Gasteiger partial charge in [0.25, 0.3) is 0 Å². The number of likely N-dealkylation sites (N-methyl/N-ethyl adjacent to an activating group) is 1. The van der Waals surface area contributed by atoms with Crippen molar-refractivity contribution in [1.29, 1.82) is 0 Å². The number of carbonyl (C=O) groups is 1. The van der Waals surface area contributed by atoms with Crippen molar-refractivity contribution >= 4 is 40.4 Å². The number of aryl methyl sites for hydroxylation is 1. The Labute approximate surface area is 178 Å². The summed E-state index contributed by atoms with van der Waals surface area (Å²) in [6.07, 6.45) is 0.232. The second-order valence-electron chi connectivity index (χ2n) is 6.47. The zero-order valence-electron chi connectivity index (χ0n) is 15.6. The molecule has 7 heteroatoms. The minimum Gasteiger partial charge on any atom is -0.486 e. The molecule has 0 fully saturated rings. The highest BCUT2D eigenvalue weighted by Crippen LogP contribution is 2.26. The van der Waals surface area contributed by atoms with Crippen LogP contribution >= 0.6 is 34.5 Å². The summed E-state index contributed by atoms with van der Waals surface area (Å²) >= 11 is 13.7. The minimum absolute atomic E-state index is 0.0349. The summed E-state index contributed by atoms with van der Waals surface area (Å²) in [5.74, 6) is 0.768. The van der Waals surface area contributed by atoms with Gasteiger partial charge in [0.05, 0.1) is 22.2 Å². The van der Waals surface area contributed by atoms with Crippen LogP contribution in [0.5, 0.6) is 5.75 Å². The Morgan fingerprint density at radius 3 is 2.68 bits per heavy atom. The zero-order valence-corrected chi connectivity index (χ0v) is 17.9. The van der Waals surface area contributed by atoms with Gasteiger partial charge in [-0.1, -0.05) is 53.0 Å². The fourth-order valence-electron chi connectivity index (χ4n) is 2.58. The maximum Gasteiger partial charge on any atom is 0.228 e. The molecule has 0 aliphatic carbocycles. The molecule has 0 atom stereocenters. The number of carbonyl (C=O) groups excluding carboxylic acids is 1. The molecule has 3 aromatic rings. The summed E-state index contributed by atoms with van der Waals surface area (Å²) in [7, 11) is 1.74. The number of hydrogen-bond donors (Lipinski definition) is 0. The third-order valence-electron chi connectivity index (χ3n) is 4.18. The smallest absolute Gasteiger partial charge is 0.228 e. The number of amides is 1. The number of halogens is 2. The van der Waals surface area contributed by atoms with Crippen molar-refractivity contribution in [1.82, 2.24) is 9.88 Å². The van der Waals surface area contributed by atoms with E-state index in [0.717, 1.165) is 22.0 Å². The number of rotatable bonds is 7. The van der Waals surface area contributed by atoms with Crippen LogP contribution in [0.4, 0.5) is 0 Å². The molecule has 4 nitrogen and oxygen atoms in total. The van der Waals surface area contributed by atoms with Crippen molar-refractivity contribution < 1.29 is 9.53 Å². The molecule has 0 aliphatic heterocycles. The van der Waals surface area contributed by atoms with Gasteiger partial charge in [-0.3, -0.25) is 4.79 Å². The maximum atomic E-state index is 12.5. The number of benzene rings is 2. The summed E-state index contributed by atoms with van der Waals surface area (Å²) in [6, 6.07) is 13.3. The third-order valence-corrected chi connectivity index (χ3v) is 5.91. The van der Waals surface area contributed by atoms with Crippen LogP contribution in [-0.2, 0) is 24.4 Å². The van der Waals surface area contributed by atoms with Crippen LogP contribution in [-0.4, -0.2) is 22.8 Å². The topological polar surface area (TPSA) is 42.4 Å². The summed E-state index contributed by atoms with van der Waals surface area (Å²) < 4.78 is 5.74. The zero-order chi connectivity index (χ0) is 20.1. The first kappa shape index (κ1) is 20.6. The molecular weight excluding hydrogens is 415 g/mol. The van der Waals surface area contributed by atoms with Gasteiger partial charge in [-0.05, 0) is 30.7 Å². The van der Waals surface area contributed by atoms with Gasteiger partial charge in [-0.25, -0.2) is 4.98 Å². The Morgan fingerprint density at radius 2 is 1.93 bits per heavy atom. The molecule has 0 aliphatic rings. The summed E-state index contributed by atoms with van der Waals surface area (Å²) in [5, 5.41) is 3.70. The van der Waals surface area contributed by atoms with Gasteiger partial charge in [0.15, 0.2) is 0 Å². The van der Waals surface area contributed by atoms with E-state index in [9.17, 15) is 4.79 Å². The highest BCUT2D eigenvalue weighted by atomic mass is 35.5. The number of aromatic nitrogens is 1. The second kappa shape index (κ2) is 9.41. The quantitative estimate of drug-likeness (QED) is 0.490. The van der Waals surface area contributed by atoms with Crippen molar-refractivity contribution in [2.24, 2.45) is 0 Å². The largest absolute Gasteiger partial charge is 0.486 e. The normalized spacial score (nSPS) is 10.7. The van der Waals surface area contributed by atoms with Crippen LogP contribution in [0.1, 0.15) is 21.8 Å². The van der Waals surface area contributed by atoms with Gasteiger partial charge in [-0.2, -0.15) is 0 Å². The highest BCUT2D eigenvalue weighted by molar-refractivity contribution is 7.09. The van der Waals surface area contributed by atoms with E-state index in [1.54, 1.807) is 18.0 Å². The van der Waals surface area contributed by atoms with Gasteiger partial charge in [-0.15, -0.1) is 11.3 Å². The van der Waals surface area contributed by atoms with Gasteiger partial charge in [0.2, 0.25) is 5.91 Å². The molecule has 3 rings (SSSR count). The van der Waals surface area contributed by atoms with Gasteiger partial charge < -0.3 is 9.64 Å². The highest BCUT2D eigenvalue weighted by Gasteiger charge is 2.15. The average molecular weight is 435 g/mol. The van der Waals surface area contributed by atoms with Crippen molar-refractivity contribution in [2.75, 3.05) is 7.05 Å². The van der Waals surface area contributed by atoms with E-state index >= 15 is 0 Å². The lowest BCUT2D eigenvalue weighted by molar-refractivity contribution is -0.129. The van der Waals surface area contributed by atoms with Crippen LogP contribution in [0.3, 0.4) is 0 Å². The number of hydrogen-bond acceptors (Lipinski definition) is 4. The van der Waals surface area contributed by atoms with Crippen molar-refractivity contribution in [3.8, 4) is 5.75 Å². The number of thiazole rings is 1. The molecule has 0 radical (unpaired) electrons. The van der Waals surface area contributed by atoms with E-state index in [0.29, 0.717) is 23.2 Å². The Morgan fingerprint density at radius 1 is 1.18 bits per heavy atom. The fourth-order valence-corrected chi connectivity index (χ4v) is 3.67. The van der Waals surface area contributed by atoms with Gasteiger partial charge >= 0.3 is 0 Å². The lowest BCUT2D eigenvalue weighted by atomic mass is 10.2. The number of nitrogens with zero attached hydrogens (tertiary/aromatic N) is 2. The molecular formula is C21H20Cl2N2O2S. The van der Waals surface area contributed by atoms with Gasteiger partial charge in [0, 0.05) is 19.0 Å². The molecule has 0 spiro atoms. The molecule has 0 N–H and O–H groups in total. The standard InChI is InChI=1S/C21H20Cl2N2O2S/c1-14-6-8-17(9-7-14)27-12-19-24-16(13-28-19)10-20(26)25(2)11-15-4-3-5-18(22)21(15)23/h3-9,13H,10-12H2,1-2H3. The van der Waals surface area contributed by atoms with E-state index in [1.807, 2.05) is 48.7 Å². The molecule has 2 aromatic carbocycles. The molecule has 1 amide bonds. The van der Waals surface area contributed by atoms with Crippen LogP contribution in [0.15, 0.2) is 47.8 Å². The molecule has 0 saturated carbocycles. The van der Waals surface area contributed by atoms with Crippen LogP contribution in [0, 0.1) is 6.92 Å². The first-order valence-corrected chi connectivity index (χ1v) is 10.4. The summed E-state index contributed by atoms with van der Waals surface area (Å²) in [4.78, 5) is 18.6. The van der Waals surface area contributed by atoms with Crippen molar-refractivity contribution in [2.45, 2.75) is 26.5 Å². The maximum absolute atomic E-state index is 12.5. The minimum atomic E-state index is -0.0349. The fraction of sp³-hybridized carbons (Fsp3) is 0.238. The average Bonchev–Trinajstić information content (AvgIpc) is 3.12. The summed E-state index contributed by atoms with van der Waals surface area (Å²) in [6.45, 7) is 2.81. The molecule has 1 heterocycles. The molecule has 0 saturated heterocycles. The first-order valence-electron chi connectivity index (χ1n) is 8.72. The van der Waals surface area contributed by atoms with Crippen molar-refractivity contribution in [3.05, 3.63) is 79.7 Å². The molecule has 28 heavy (non-hydrogen) atoms. The predicted molar refractivity (Wildman–Crippen MR) is 114 cm³/mol. The third kappa shape index (κ3) is 5.47. The Hall–Kier alpha value is -2.08. The second-order valence-corrected chi connectivity index (χ2v) is 8.20. The first-order chi connectivity index (χ1) is 13.4. The molecule has 146 valence electrons. The molecule has 0 unspecified atom stereocenters. The predicted octanol–water partition coefficient (Wildman–Crippen LogP) is 5.54. The van der Waals surface area contributed by atoms with Crippen LogP contribution in [0.25, 0.3) is 0 Å². The number of ether oxygens (including phenoxy) is 1. The lowest BCUT2D eigenvalue weighted by Crippen LogP contribution is -2.28. The monoisotopic (exact) mass is 434 g/mol. The summed E-state index contributed by atoms with van der Waals surface area (Å²) in [5.41, 5.74) is 2.74. The van der Waals surface area contributed by atoms with E-state index in [2.05, 4.69) is 4.98 Å². The van der Waals surface area contributed by atoms with E-state index in [4.69, 9.17) is 27.9 Å². The van der Waals surface area contributed by atoms with E-state index in [1.165, 1.54) is 16.9 Å².